The molecule has 0 aliphatic rings. The van der Waals surface area contributed by atoms with Gasteiger partial charge in [0.15, 0.2) is 0 Å². The monoisotopic (exact) mass is 246 g/mol. The summed E-state index contributed by atoms with van der Waals surface area (Å²) >= 11 is 0. The van der Waals surface area contributed by atoms with Crippen LogP contribution in [-0.4, -0.2) is 12.5 Å². The van der Waals surface area contributed by atoms with Gasteiger partial charge in [0.1, 0.15) is 11.5 Å². The molecule has 0 bridgehead atoms. The molecular formula is C12H13F3O2. The highest BCUT2D eigenvalue weighted by molar-refractivity contribution is 5.33. The Hall–Kier alpha value is -1.65. The van der Waals surface area contributed by atoms with Gasteiger partial charge >= 0.3 is 6.36 Å². The minimum absolute atomic E-state index is 0.145. The zero-order valence-corrected chi connectivity index (χ0v) is 9.33. The van der Waals surface area contributed by atoms with Crippen LogP contribution >= 0.6 is 0 Å². The predicted octanol–water partition coefficient (Wildman–Crippen LogP) is 3.93. The number of hydrogen-bond acceptors (Lipinski definition) is 2. The van der Waals surface area contributed by atoms with Crippen LogP contribution in [0, 0.1) is 0 Å². The Morgan fingerprint density at radius 3 is 2.59 bits per heavy atom. The van der Waals surface area contributed by atoms with Crippen molar-refractivity contribution in [1.29, 1.82) is 0 Å². The van der Waals surface area contributed by atoms with Crippen LogP contribution in [0.2, 0.25) is 0 Å². The first-order valence-electron chi connectivity index (χ1n) is 5.04. The molecular weight excluding hydrogens is 233 g/mol. The molecule has 94 valence electrons. The van der Waals surface area contributed by atoms with E-state index < -0.39 is 6.36 Å². The zero-order chi connectivity index (χ0) is 12.9. The van der Waals surface area contributed by atoms with Gasteiger partial charge in [0.05, 0.1) is 6.10 Å². The molecule has 1 rings (SSSR count). The average Bonchev–Trinajstić information content (AvgIpc) is 2.15. The number of rotatable bonds is 5. The van der Waals surface area contributed by atoms with E-state index in [1.165, 1.54) is 18.2 Å². The van der Waals surface area contributed by atoms with Crippen molar-refractivity contribution < 1.29 is 22.6 Å². The Labute approximate surface area is 97.7 Å². The van der Waals surface area contributed by atoms with Crippen LogP contribution in [0.3, 0.4) is 0 Å². The fourth-order valence-electron chi connectivity index (χ4n) is 1.26. The number of ether oxygens (including phenoxy) is 2. The van der Waals surface area contributed by atoms with Crippen molar-refractivity contribution in [3.8, 4) is 11.5 Å². The lowest BCUT2D eigenvalue weighted by molar-refractivity contribution is -0.274. The summed E-state index contributed by atoms with van der Waals surface area (Å²) in [4.78, 5) is 0. The second kappa shape index (κ2) is 5.61. The molecule has 0 saturated carbocycles. The van der Waals surface area contributed by atoms with E-state index in [0.29, 0.717) is 12.2 Å². The van der Waals surface area contributed by atoms with Crippen LogP contribution in [0.15, 0.2) is 36.9 Å². The van der Waals surface area contributed by atoms with E-state index in [1.807, 2.05) is 0 Å². The summed E-state index contributed by atoms with van der Waals surface area (Å²) in [5.74, 6) is 0.0434. The lowest BCUT2D eigenvalue weighted by Gasteiger charge is -2.14. The lowest BCUT2D eigenvalue weighted by Crippen LogP contribution is -2.17. The van der Waals surface area contributed by atoms with Crippen LogP contribution < -0.4 is 9.47 Å². The molecule has 1 atom stereocenters. The molecule has 0 heterocycles. The minimum Gasteiger partial charge on any atom is -0.490 e. The third kappa shape index (κ3) is 5.29. The summed E-state index contributed by atoms with van der Waals surface area (Å²) in [6.45, 7) is 5.36. The summed E-state index contributed by atoms with van der Waals surface area (Å²) in [6.07, 6.45) is -2.54. The molecule has 0 N–H and O–H groups in total. The van der Waals surface area contributed by atoms with Gasteiger partial charge in [0.25, 0.3) is 0 Å². The molecule has 1 unspecified atom stereocenters. The fraction of sp³-hybridized carbons (Fsp3) is 0.333. The highest BCUT2D eigenvalue weighted by atomic mass is 19.4. The molecule has 5 heteroatoms. The first-order valence-corrected chi connectivity index (χ1v) is 5.04. The first kappa shape index (κ1) is 13.4. The van der Waals surface area contributed by atoms with Gasteiger partial charge in [-0.3, -0.25) is 0 Å². The summed E-state index contributed by atoms with van der Waals surface area (Å²) in [5.41, 5.74) is 0. The van der Waals surface area contributed by atoms with Crippen LogP contribution in [0.4, 0.5) is 13.2 Å². The van der Waals surface area contributed by atoms with Gasteiger partial charge in [-0.05, 0) is 19.1 Å². The maximum atomic E-state index is 12.0. The quantitative estimate of drug-likeness (QED) is 0.733. The molecule has 0 aliphatic heterocycles. The largest absolute Gasteiger partial charge is 0.573 e. The third-order valence-electron chi connectivity index (χ3n) is 1.87. The van der Waals surface area contributed by atoms with Crippen molar-refractivity contribution in [2.45, 2.75) is 25.8 Å². The second-order valence-corrected chi connectivity index (χ2v) is 3.48. The fourth-order valence-corrected chi connectivity index (χ4v) is 1.26. The molecule has 0 radical (unpaired) electrons. The van der Waals surface area contributed by atoms with Gasteiger partial charge in [-0.2, -0.15) is 0 Å². The Morgan fingerprint density at radius 2 is 2.00 bits per heavy atom. The standard InChI is InChI=1S/C12H13F3O2/c1-3-5-9(2)16-10-6-4-7-11(8-10)17-12(13,14)15/h3-4,6-9H,1,5H2,2H3. The number of alkyl halides is 3. The van der Waals surface area contributed by atoms with Gasteiger partial charge in [-0.1, -0.05) is 12.1 Å². The Balaban J connectivity index is 2.69. The van der Waals surface area contributed by atoms with Gasteiger partial charge in [0, 0.05) is 12.5 Å². The van der Waals surface area contributed by atoms with Crippen molar-refractivity contribution in [3.63, 3.8) is 0 Å². The van der Waals surface area contributed by atoms with E-state index in [-0.39, 0.29) is 11.9 Å². The topological polar surface area (TPSA) is 18.5 Å². The van der Waals surface area contributed by atoms with Crippen LogP contribution in [0.1, 0.15) is 13.3 Å². The lowest BCUT2D eigenvalue weighted by atomic mass is 10.2. The molecule has 0 saturated heterocycles. The van der Waals surface area contributed by atoms with Gasteiger partial charge < -0.3 is 9.47 Å². The van der Waals surface area contributed by atoms with E-state index in [1.54, 1.807) is 19.1 Å². The molecule has 17 heavy (non-hydrogen) atoms. The van der Waals surface area contributed by atoms with E-state index in [2.05, 4.69) is 11.3 Å². The number of benzene rings is 1. The van der Waals surface area contributed by atoms with E-state index in [0.717, 1.165) is 0 Å². The molecule has 0 spiro atoms. The zero-order valence-electron chi connectivity index (χ0n) is 9.33. The smallest absolute Gasteiger partial charge is 0.490 e. The molecule has 0 aromatic heterocycles. The van der Waals surface area contributed by atoms with Crippen molar-refractivity contribution in [1.82, 2.24) is 0 Å². The summed E-state index contributed by atoms with van der Waals surface area (Å²) in [6, 6.07) is 5.44. The van der Waals surface area contributed by atoms with Crippen LogP contribution in [-0.2, 0) is 0 Å². The van der Waals surface area contributed by atoms with Gasteiger partial charge in [0.2, 0.25) is 0 Å². The highest BCUT2D eigenvalue weighted by Crippen LogP contribution is 2.26. The molecule has 1 aromatic rings. The molecule has 1 aromatic carbocycles. The second-order valence-electron chi connectivity index (χ2n) is 3.48. The Kier molecular flexibility index (Phi) is 4.43. The Morgan fingerprint density at radius 1 is 1.35 bits per heavy atom. The van der Waals surface area contributed by atoms with Crippen LogP contribution in [0.25, 0.3) is 0 Å². The molecule has 0 aliphatic carbocycles. The van der Waals surface area contributed by atoms with E-state index in [9.17, 15) is 13.2 Å². The molecule has 0 amide bonds. The van der Waals surface area contributed by atoms with Crippen molar-refractivity contribution in [3.05, 3.63) is 36.9 Å². The maximum Gasteiger partial charge on any atom is 0.573 e. The molecule has 2 nitrogen and oxygen atoms in total. The average molecular weight is 246 g/mol. The van der Waals surface area contributed by atoms with Crippen molar-refractivity contribution >= 4 is 0 Å². The summed E-state index contributed by atoms with van der Waals surface area (Å²) in [5, 5.41) is 0. The maximum absolute atomic E-state index is 12.0. The number of hydrogen-bond donors (Lipinski definition) is 0. The highest BCUT2D eigenvalue weighted by Gasteiger charge is 2.31. The van der Waals surface area contributed by atoms with E-state index >= 15 is 0 Å². The van der Waals surface area contributed by atoms with Gasteiger partial charge in [-0.25, -0.2) is 0 Å². The normalized spacial score (nSPS) is 12.9. The van der Waals surface area contributed by atoms with Crippen molar-refractivity contribution in [2.75, 3.05) is 0 Å². The third-order valence-corrected chi connectivity index (χ3v) is 1.87. The summed E-state index contributed by atoms with van der Waals surface area (Å²) < 4.78 is 45.1. The predicted molar refractivity (Wildman–Crippen MR) is 58.0 cm³/mol. The SMILES string of the molecule is C=CCC(C)Oc1cccc(OC(F)(F)F)c1. The molecule has 0 fully saturated rings. The van der Waals surface area contributed by atoms with E-state index in [4.69, 9.17) is 4.74 Å². The summed E-state index contributed by atoms with van der Waals surface area (Å²) in [7, 11) is 0. The Bertz CT molecular complexity index is 374. The number of halogens is 3. The first-order chi connectivity index (χ1) is 7.90. The van der Waals surface area contributed by atoms with Crippen molar-refractivity contribution in [2.24, 2.45) is 0 Å². The van der Waals surface area contributed by atoms with Crippen LogP contribution in [0.5, 0.6) is 11.5 Å². The van der Waals surface area contributed by atoms with Gasteiger partial charge in [-0.15, -0.1) is 19.8 Å². The minimum atomic E-state index is -4.69.